The molecule has 0 aliphatic carbocycles. The molecule has 4 heteroatoms. The summed E-state index contributed by atoms with van der Waals surface area (Å²) in [5, 5.41) is 2.86. The van der Waals surface area contributed by atoms with Gasteiger partial charge in [-0.1, -0.05) is 0 Å². The molecule has 0 aromatic carbocycles. The summed E-state index contributed by atoms with van der Waals surface area (Å²) in [7, 11) is 2.03. The topological polar surface area (TPSA) is 37.9 Å². The third-order valence-electron chi connectivity index (χ3n) is 2.66. The normalized spacial score (nSPS) is 15.0. The highest BCUT2D eigenvalue weighted by Gasteiger charge is 2.22. The zero-order valence-corrected chi connectivity index (χ0v) is 8.71. The summed E-state index contributed by atoms with van der Waals surface area (Å²) < 4.78 is 4.30. The van der Waals surface area contributed by atoms with Crippen molar-refractivity contribution in [3.63, 3.8) is 0 Å². The predicted octanol–water partition coefficient (Wildman–Crippen LogP) is 0.607. The van der Waals surface area contributed by atoms with Gasteiger partial charge in [0.1, 0.15) is 6.20 Å². The number of hydrogen-bond donors (Lipinski definition) is 1. The zero-order valence-electron chi connectivity index (χ0n) is 8.71. The molecule has 2 heterocycles. The predicted molar refractivity (Wildman–Crippen MR) is 52.8 cm³/mol. The molecule has 0 saturated carbocycles. The van der Waals surface area contributed by atoms with E-state index in [0.29, 0.717) is 0 Å². The van der Waals surface area contributed by atoms with Crippen LogP contribution in [0.1, 0.15) is 25.6 Å². The Morgan fingerprint density at radius 2 is 2.36 bits per heavy atom. The Morgan fingerprint density at radius 3 is 3.07 bits per heavy atom. The smallest absolute Gasteiger partial charge is 0.266 e. The van der Waals surface area contributed by atoms with Crippen LogP contribution in [0, 0.1) is 0 Å². The molecule has 2 rings (SSSR count). The Balaban J connectivity index is 2.36. The third kappa shape index (κ3) is 1.52. The van der Waals surface area contributed by atoms with Gasteiger partial charge in [0.2, 0.25) is 5.82 Å². The molecule has 0 bridgehead atoms. The van der Waals surface area contributed by atoms with E-state index in [1.165, 1.54) is 18.7 Å². The molecule has 14 heavy (non-hydrogen) atoms. The van der Waals surface area contributed by atoms with Gasteiger partial charge < -0.3 is 0 Å². The SMILES string of the molecule is CC(=O)Nc1cn(C)c2[n+]1CCCC2. The fourth-order valence-corrected chi connectivity index (χ4v) is 2.05. The number of anilines is 1. The molecule has 0 spiro atoms. The lowest BCUT2D eigenvalue weighted by Crippen LogP contribution is -2.43. The van der Waals surface area contributed by atoms with Crippen molar-refractivity contribution in [3.05, 3.63) is 12.0 Å². The molecule has 0 atom stereocenters. The number of rotatable bonds is 1. The van der Waals surface area contributed by atoms with Crippen molar-refractivity contribution in [2.24, 2.45) is 7.05 Å². The second-order valence-corrected chi connectivity index (χ2v) is 3.83. The molecule has 1 aromatic rings. The monoisotopic (exact) mass is 194 g/mol. The average molecular weight is 194 g/mol. The Bertz CT molecular complexity index is 368. The number of aryl methyl sites for hydroxylation is 1. The summed E-state index contributed by atoms with van der Waals surface area (Å²) in [4.78, 5) is 11.0. The number of nitrogens with zero attached hydrogens (tertiary/aromatic N) is 2. The van der Waals surface area contributed by atoms with Crippen LogP contribution in [0.25, 0.3) is 0 Å². The molecule has 1 aliphatic rings. The van der Waals surface area contributed by atoms with E-state index in [9.17, 15) is 4.79 Å². The number of amides is 1. The van der Waals surface area contributed by atoms with E-state index in [1.54, 1.807) is 6.92 Å². The van der Waals surface area contributed by atoms with Gasteiger partial charge >= 0.3 is 0 Å². The minimum atomic E-state index is -0.00327. The van der Waals surface area contributed by atoms with Gasteiger partial charge in [-0.05, 0) is 12.8 Å². The zero-order chi connectivity index (χ0) is 10.1. The Kier molecular flexibility index (Phi) is 2.27. The molecule has 0 unspecified atom stereocenters. The lowest BCUT2D eigenvalue weighted by molar-refractivity contribution is -0.695. The molecule has 76 valence electrons. The van der Waals surface area contributed by atoms with E-state index in [4.69, 9.17) is 0 Å². The summed E-state index contributed by atoms with van der Waals surface area (Å²) in [6.07, 6.45) is 5.55. The minimum absolute atomic E-state index is 0.00327. The van der Waals surface area contributed by atoms with Crippen LogP contribution >= 0.6 is 0 Å². The van der Waals surface area contributed by atoms with E-state index >= 15 is 0 Å². The first kappa shape index (κ1) is 9.24. The minimum Gasteiger partial charge on any atom is -0.266 e. The first-order valence-corrected chi connectivity index (χ1v) is 5.04. The number of nitrogens with one attached hydrogen (secondary N) is 1. The van der Waals surface area contributed by atoms with E-state index in [1.807, 2.05) is 13.2 Å². The maximum absolute atomic E-state index is 11.0. The van der Waals surface area contributed by atoms with Crippen molar-refractivity contribution < 1.29 is 9.36 Å². The molecule has 0 radical (unpaired) electrons. The van der Waals surface area contributed by atoms with Gasteiger partial charge in [0, 0.05) is 13.3 Å². The summed E-state index contributed by atoms with van der Waals surface area (Å²) >= 11 is 0. The van der Waals surface area contributed by atoms with Gasteiger partial charge in [-0.3, -0.25) is 9.36 Å². The van der Waals surface area contributed by atoms with Crippen molar-refractivity contribution in [1.82, 2.24) is 4.57 Å². The summed E-state index contributed by atoms with van der Waals surface area (Å²) in [6.45, 7) is 2.56. The molecule has 0 saturated heterocycles. The molecular formula is C10H16N3O+. The van der Waals surface area contributed by atoms with E-state index < -0.39 is 0 Å². The van der Waals surface area contributed by atoms with Gasteiger partial charge in [-0.2, -0.15) is 0 Å². The first-order valence-electron chi connectivity index (χ1n) is 5.04. The van der Waals surface area contributed by atoms with Crippen molar-refractivity contribution in [3.8, 4) is 0 Å². The molecule has 1 aromatic heterocycles. The Morgan fingerprint density at radius 1 is 1.57 bits per heavy atom. The lowest BCUT2D eigenvalue weighted by atomic mass is 10.2. The van der Waals surface area contributed by atoms with Crippen LogP contribution in [0.15, 0.2) is 6.20 Å². The van der Waals surface area contributed by atoms with Crippen LogP contribution in [-0.4, -0.2) is 10.5 Å². The Hall–Kier alpha value is -1.32. The van der Waals surface area contributed by atoms with Gasteiger partial charge in [0.25, 0.3) is 11.7 Å². The van der Waals surface area contributed by atoms with Crippen LogP contribution < -0.4 is 9.88 Å². The number of carbonyl (C=O) groups excluding carboxylic acids is 1. The fraction of sp³-hybridized carbons (Fsp3) is 0.600. The third-order valence-corrected chi connectivity index (χ3v) is 2.66. The number of aromatic nitrogens is 2. The van der Waals surface area contributed by atoms with E-state index in [-0.39, 0.29) is 5.91 Å². The van der Waals surface area contributed by atoms with E-state index in [2.05, 4.69) is 14.5 Å². The number of imidazole rings is 1. The van der Waals surface area contributed by atoms with Gasteiger partial charge in [-0.25, -0.2) is 9.88 Å². The van der Waals surface area contributed by atoms with Gasteiger partial charge in [-0.15, -0.1) is 0 Å². The van der Waals surface area contributed by atoms with Crippen LogP contribution in [0.2, 0.25) is 0 Å². The van der Waals surface area contributed by atoms with Crippen molar-refractivity contribution >= 4 is 11.7 Å². The van der Waals surface area contributed by atoms with Crippen LogP contribution in [0.4, 0.5) is 5.82 Å². The standard InChI is InChI=1S/C10H15N3O/c1-8(14)11-9-7-12(2)10-5-3-4-6-13(9)10/h7H,3-6H2,1-2H3/p+1. The average Bonchev–Trinajstić information content (AvgIpc) is 2.44. The van der Waals surface area contributed by atoms with Crippen LogP contribution in [0.3, 0.4) is 0 Å². The number of hydrogen-bond acceptors (Lipinski definition) is 1. The largest absolute Gasteiger partial charge is 0.277 e. The number of carbonyl (C=O) groups is 1. The Labute approximate surface area is 83.5 Å². The molecule has 1 N–H and O–H groups in total. The second-order valence-electron chi connectivity index (χ2n) is 3.83. The summed E-state index contributed by atoms with van der Waals surface area (Å²) in [5.41, 5.74) is 0. The lowest BCUT2D eigenvalue weighted by Gasteiger charge is -2.11. The quantitative estimate of drug-likeness (QED) is 0.653. The van der Waals surface area contributed by atoms with Crippen LogP contribution in [-0.2, 0) is 24.8 Å². The van der Waals surface area contributed by atoms with Gasteiger partial charge in [0.15, 0.2) is 0 Å². The molecular weight excluding hydrogens is 178 g/mol. The molecule has 1 aliphatic heterocycles. The molecule has 1 amide bonds. The highest BCUT2D eigenvalue weighted by atomic mass is 16.1. The van der Waals surface area contributed by atoms with Crippen molar-refractivity contribution in [1.29, 1.82) is 0 Å². The van der Waals surface area contributed by atoms with Crippen molar-refractivity contribution in [2.75, 3.05) is 5.32 Å². The van der Waals surface area contributed by atoms with Crippen LogP contribution in [0.5, 0.6) is 0 Å². The molecule has 4 nitrogen and oxygen atoms in total. The summed E-state index contributed by atoms with van der Waals surface area (Å²) in [5.74, 6) is 2.23. The summed E-state index contributed by atoms with van der Waals surface area (Å²) in [6, 6.07) is 0. The van der Waals surface area contributed by atoms with Crippen molar-refractivity contribution in [2.45, 2.75) is 32.7 Å². The highest BCUT2D eigenvalue weighted by molar-refractivity contribution is 5.86. The maximum Gasteiger partial charge on any atom is 0.277 e. The fourth-order valence-electron chi connectivity index (χ4n) is 2.05. The maximum atomic E-state index is 11.0. The highest BCUT2D eigenvalue weighted by Crippen LogP contribution is 2.12. The van der Waals surface area contributed by atoms with E-state index in [0.717, 1.165) is 18.8 Å². The second kappa shape index (κ2) is 3.44. The van der Waals surface area contributed by atoms with Gasteiger partial charge in [0.05, 0.1) is 13.6 Å². The first-order chi connectivity index (χ1) is 6.68. The number of fused-ring (bicyclic) bond motifs is 1. The molecule has 0 fully saturated rings.